The van der Waals surface area contributed by atoms with E-state index < -0.39 is 6.04 Å². The van der Waals surface area contributed by atoms with E-state index in [0.29, 0.717) is 18.6 Å². The second-order valence-corrected chi connectivity index (χ2v) is 9.27. The standard InChI is InChI=1S/C28H35N3O3/c1-20(32)26(31-28(33)27-19-23-7-2-3-8-25(23)30-27)18-22-9-11-24(12-10-22)34-17-5-4-6-21-13-15-29-16-14-21/h2-3,7-12,21,26,29,32H,1,4-6,13-19H2,(H,31,33). The second-order valence-electron chi connectivity index (χ2n) is 9.27. The molecule has 6 nitrogen and oxygen atoms in total. The van der Waals surface area contributed by atoms with Crippen LogP contribution in [0.1, 0.15) is 43.2 Å². The van der Waals surface area contributed by atoms with Gasteiger partial charge in [0, 0.05) is 6.42 Å². The van der Waals surface area contributed by atoms with Crippen molar-refractivity contribution in [3.05, 3.63) is 72.0 Å². The lowest BCUT2D eigenvalue weighted by Crippen LogP contribution is -2.41. The van der Waals surface area contributed by atoms with E-state index in [2.05, 4.69) is 22.2 Å². The average Bonchev–Trinajstić information content (AvgIpc) is 3.29. The largest absolute Gasteiger partial charge is 0.511 e. The SMILES string of the molecule is C=C(O)C(Cc1ccc(OCCCCC2CCNCC2)cc1)NC(=O)C1=Nc2ccccc2C1. The van der Waals surface area contributed by atoms with Gasteiger partial charge in [-0.25, -0.2) is 4.99 Å². The number of aliphatic imine (C=N–C) groups is 1. The Balaban J connectivity index is 1.21. The predicted octanol–water partition coefficient (Wildman–Crippen LogP) is 4.66. The zero-order valence-corrected chi connectivity index (χ0v) is 19.8. The zero-order valence-electron chi connectivity index (χ0n) is 19.8. The molecule has 2 aliphatic rings. The summed E-state index contributed by atoms with van der Waals surface area (Å²) in [5, 5.41) is 16.4. The number of unbranched alkanes of at least 4 members (excludes halogenated alkanes) is 1. The van der Waals surface area contributed by atoms with Crippen LogP contribution in [0, 0.1) is 5.92 Å². The summed E-state index contributed by atoms with van der Waals surface area (Å²) in [6, 6.07) is 15.0. The molecule has 0 spiro atoms. The highest BCUT2D eigenvalue weighted by molar-refractivity contribution is 6.41. The zero-order chi connectivity index (χ0) is 23.8. The maximum atomic E-state index is 12.7. The maximum absolute atomic E-state index is 12.7. The fourth-order valence-electron chi connectivity index (χ4n) is 4.61. The highest BCUT2D eigenvalue weighted by atomic mass is 16.5. The van der Waals surface area contributed by atoms with E-state index in [4.69, 9.17) is 4.74 Å². The van der Waals surface area contributed by atoms with Gasteiger partial charge in [-0.15, -0.1) is 0 Å². The third-order valence-corrected chi connectivity index (χ3v) is 6.67. The van der Waals surface area contributed by atoms with Crippen molar-refractivity contribution in [1.82, 2.24) is 10.6 Å². The Bertz CT molecular complexity index is 1010. The number of benzene rings is 2. The van der Waals surface area contributed by atoms with Gasteiger partial charge in [-0.05, 0) is 80.4 Å². The first-order valence-corrected chi connectivity index (χ1v) is 12.3. The van der Waals surface area contributed by atoms with Gasteiger partial charge in [0.2, 0.25) is 0 Å². The molecule has 0 bridgehead atoms. The molecule has 3 N–H and O–H groups in total. The topological polar surface area (TPSA) is 83.0 Å². The Kier molecular flexibility index (Phi) is 8.36. The molecule has 2 heterocycles. The number of nitrogens with one attached hydrogen (secondary N) is 2. The Hall–Kier alpha value is -3.12. The molecule has 1 unspecified atom stereocenters. The number of amides is 1. The number of aliphatic hydroxyl groups excluding tert-OH is 1. The number of hydrogen-bond donors (Lipinski definition) is 3. The summed E-state index contributed by atoms with van der Waals surface area (Å²) in [6.45, 7) is 6.69. The molecule has 1 saturated heterocycles. The first-order valence-electron chi connectivity index (χ1n) is 12.3. The molecule has 2 aliphatic heterocycles. The van der Waals surface area contributed by atoms with Crippen LogP contribution >= 0.6 is 0 Å². The number of aliphatic hydroxyl groups is 1. The van der Waals surface area contributed by atoms with Crippen LogP contribution in [0.2, 0.25) is 0 Å². The molecule has 180 valence electrons. The van der Waals surface area contributed by atoms with Crippen LogP contribution in [0.3, 0.4) is 0 Å². The highest BCUT2D eigenvalue weighted by Gasteiger charge is 2.24. The summed E-state index contributed by atoms with van der Waals surface area (Å²) in [5.74, 6) is 1.36. The fraction of sp³-hybridized carbons (Fsp3) is 0.429. The maximum Gasteiger partial charge on any atom is 0.266 e. The van der Waals surface area contributed by atoms with Crippen LogP contribution in [0.5, 0.6) is 5.75 Å². The third kappa shape index (κ3) is 6.70. The van der Waals surface area contributed by atoms with Crippen molar-refractivity contribution in [1.29, 1.82) is 0 Å². The van der Waals surface area contributed by atoms with Crippen molar-refractivity contribution in [2.45, 2.75) is 51.0 Å². The lowest BCUT2D eigenvalue weighted by atomic mass is 9.93. The van der Waals surface area contributed by atoms with Crippen molar-refractivity contribution in [3.8, 4) is 5.75 Å². The number of carbonyl (C=O) groups is 1. The van der Waals surface area contributed by atoms with Gasteiger partial charge >= 0.3 is 0 Å². The fourth-order valence-corrected chi connectivity index (χ4v) is 4.61. The molecular formula is C28H35N3O3. The van der Waals surface area contributed by atoms with Crippen molar-refractivity contribution < 1.29 is 14.6 Å². The number of piperidine rings is 1. The average molecular weight is 462 g/mol. The highest BCUT2D eigenvalue weighted by Crippen LogP contribution is 2.26. The number of ether oxygens (including phenoxy) is 1. The molecule has 1 amide bonds. The smallest absolute Gasteiger partial charge is 0.266 e. The summed E-state index contributed by atoms with van der Waals surface area (Å²) in [6.07, 6.45) is 7.10. The van der Waals surface area contributed by atoms with Gasteiger partial charge in [-0.1, -0.05) is 43.3 Å². The van der Waals surface area contributed by atoms with Gasteiger partial charge in [0.15, 0.2) is 0 Å². The molecule has 34 heavy (non-hydrogen) atoms. The van der Waals surface area contributed by atoms with E-state index in [-0.39, 0.29) is 11.7 Å². The molecular weight excluding hydrogens is 426 g/mol. The molecule has 0 aromatic heterocycles. The number of hydrogen-bond acceptors (Lipinski definition) is 5. The lowest BCUT2D eigenvalue weighted by Gasteiger charge is -2.22. The van der Waals surface area contributed by atoms with Crippen molar-refractivity contribution in [3.63, 3.8) is 0 Å². The van der Waals surface area contributed by atoms with Crippen LogP contribution in [-0.4, -0.2) is 42.5 Å². The molecule has 0 saturated carbocycles. The van der Waals surface area contributed by atoms with Gasteiger partial charge in [-0.3, -0.25) is 4.79 Å². The van der Waals surface area contributed by atoms with Gasteiger partial charge in [0.25, 0.3) is 5.91 Å². The Labute approximate surface area is 202 Å². The molecule has 2 aromatic carbocycles. The van der Waals surface area contributed by atoms with Gasteiger partial charge in [0.05, 0.1) is 18.3 Å². The van der Waals surface area contributed by atoms with Crippen molar-refractivity contribution in [2.75, 3.05) is 19.7 Å². The summed E-state index contributed by atoms with van der Waals surface area (Å²) in [4.78, 5) is 17.2. The van der Waals surface area contributed by atoms with Crippen molar-refractivity contribution >= 4 is 17.3 Å². The molecule has 0 radical (unpaired) electrons. The number of fused-ring (bicyclic) bond motifs is 1. The first kappa shape index (κ1) is 24.0. The van der Waals surface area contributed by atoms with Crippen LogP contribution in [0.15, 0.2) is 65.9 Å². The van der Waals surface area contributed by atoms with E-state index in [1.807, 2.05) is 48.5 Å². The van der Waals surface area contributed by atoms with Crippen LogP contribution in [-0.2, 0) is 17.6 Å². The second kappa shape index (κ2) is 11.8. The first-order chi connectivity index (χ1) is 16.6. The van der Waals surface area contributed by atoms with Crippen molar-refractivity contribution in [2.24, 2.45) is 10.9 Å². The monoisotopic (exact) mass is 461 g/mol. The van der Waals surface area contributed by atoms with Gasteiger partial charge in [0.1, 0.15) is 17.2 Å². The third-order valence-electron chi connectivity index (χ3n) is 6.67. The minimum Gasteiger partial charge on any atom is -0.511 e. The predicted molar refractivity (Wildman–Crippen MR) is 136 cm³/mol. The number of para-hydroxylation sites is 1. The van der Waals surface area contributed by atoms with E-state index >= 15 is 0 Å². The Morgan fingerprint density at radius 1 is 1.15 bits per heavy atom. The molecule has 1 fully saturated rings. The summed E-state index contributed by atoms with van der Waals surface area (Å²) < 4.78 is 5.90. The van der Waals surface area contributed by atoms with Crippen LogP contribution < -0.4 is 15.4 Å². The summed E-state index contributed by atoms with van der Waals surface area (Å²) in [7, 11) is 0. The molecule has 1 atom stereocenters. The van der Waals surface area contributed by atoms with Gasteiger partial charge < -0.3 is 20.5 Å². The molecule has 2 aromatic rings. The van der Waals surface area contributed by atoms with E-state index in [0.717, 1.165) is 54.6 Å². The quantitative estimate of drug-likeness (QED) is 0.336. The van der Waals surface area contributed by atoms with E-state index in [1.165, 1.54) is 25.7 Å². The Morgan fingerprint density at radius 2 is 1.91 bits per heavy atom. The van der Waals surface area contributed by atoms with E-state index in [9.17, 15) is 9.90 Å². The van der Waals surface area contributed by atoms with Crippen LogP contribution in [0.4, 0.5) is 5.69 Å². The Morgan fingerprint density at radius 3 is 2.65 bits per heavy atom. The van der Waals surface area contributed by atoms with E-state index in [1.54, 1.807) is 0 Å². The molecule has 4 rings (SSSR count). The molecule has 0 aliphatic carbocycles. The summed E-state index contributed by atoms with van der Waals surface area (Å²) in [5.41, 5.74) is 3.30. The minimum atomic E-state index is -0.583. The molecule has 6 heteroatoms. The number of rotatable bonds is 11. The van der Waals surface area contributed by atoms with Crippen LogP contribution in [0.25, 0.3) is 0 Å². The number of carbonyl (C=O) groups excluding carboxylic acids is 1. The number of nitrogens with zero attached hydrogens (tertiary/aromatic N) is 1. The lowest BCUT2D eigenvalue weighted by molar-refractivity contribution is -0.115. The minimum absolute atomic E-state index is 0.0708. The van der Waals surface area contributed by atoms with Gasteiger partial charge in [-0.2, -0.15) is 0 Å². The normalized spacial score (nSPS) is 16.4. The summed E-state index contributed by atoms with van der Waals surface area (Å²) >= 11 is 0.